The Hall–Kier alpha value is -2.83. The van der Waals surface area contributed by atoms with E-state index in [1.807, 2.05) is 0 Å². The van der Waals surface area contributed by atoms with Crippen molar-refractivity contribution in [3.63, 3.8) is 0 Å². The van der Waals surface area contributed by atoms with Gasteiger partial charge in [0.25, 0.3) is 11.8 Å². The van der Waals surface area contributed by atoms with Crippen molar-refractivity contribution in [2.45, 2.75) is 0 Å². The Kier molecular flexibility index (Phi) is 4.97. The largest absolute Gasteiger partial charge is 0.465 e. The molecule has 26 heavy (non-hydrogen) atoms. The van der Waals surface area contributed by atoms with E-state index in [2.05, 4.69) is 10.1 Å². The van der Waals surface area contributed by atoms with Crippen molar-refractivity contribution in [1.82, 2.24) is 0 Å². The van der Waals surface area contributed by atoms with Gasteiger partial charge in [-0.15, -0.1) is 0 Å². The maximum atomic E-state index is 12.7. The second kappa shape index (κ2) is 7.19. The van der Waals surface area contributed by atoms with E-state index in [9.17, 15) is 14.4 Å². The Bertz CT molecular complexity index is 956. The Labute approximate surface area is 158 Å². The van der Waals surface area contributed by atoms with Gasteiger partial charge in [-0.1, -0.05) is 35.3 Å². The maximum Gasteiger partial charge on any atom is 0.337 e. The van der Waals surface area contributed by atoms with E-state index >= 15 is 0 Å². The summed E-state index contributed by atoms with van der Waals surface area (Å²) in [7, 11) is 1.24. The number of ether oxygens (including phenoxy) is 1. The van der Waals surface area contributed by atoms with Gasteiger partial charge >= 0.3 is 5.97 Å². The Balaban J connectivity index is 1.92. The molecule has 0 unspecified atom stereocenters. The summed E-state index contributed by atoms with van der Waals surface area (Å²) in [5.74, 6) is -1.91. The van der Waals surface area contributed by atoms with Crippen LogP contribution in [-0.4, -0.2) is 24.9 Å². The molecule has 2 aromatic carbocycles. The standard InChI is InChI=1S/C18H12Cl2N2O4/c1-26-18(25)10-4-2-7-13(8-10)22-16(23)14(20)15(17(22)24)21-12-6-3-5-11(19)9-12/h2-9,21H,1H3. The van der Waals surface area contributed by atoms with E-state index in [1.54, 1.807) is 30.3 Å². The molecule has 0 radical (unpaired) electrons. The molecule has 0 bridgehead atoms. The third-order valence-corrected chi connectivity index (χ3v) is 4.23. The minimum absolute atomic E-state index is 0.0672. The first-order chi connectivity index (χ1) is 12.4. The number of esters is 1. The van der Waals surface area contributed by atoms with Gasteiger partial charge < -0.3 is 10.1 Å². The number of nitrogens with zero attached hydrogens (tertiary/aromatic N) is 1. The summed E-state index contributed by atoms with van der Waals surface area (Å²) in [6, 6.07) is 12.6. The number of carbonyl (C=O) groups is 3. The van der Waals surface area contributed by atoms with Crippen molar-refractivity contribution in [2.75, 3.05) is 17.3 Å². The molecule has 0 spiro atoms. The highest BCUT2D eigenvalue weighted by Crippen LogP contribution is 2.31. The van der Waals surface area contributed by atoms with Crippen LogP contribution in [0.3, 0.4) is 0 Å². The fourth-order valence-corrected chi connectivity index (χ4v) is 2.85. The van der Waals surface area contributed by atoms with Crippen molar-refractivity contribution in [3.05, 3.63) is 69.8 Å². The Morgan fingerprint density at radius 2 is 1.77 bits per heavy atom. The molecular formula is C18H12Cl2N2O4. The zero-order valence-electron chi connectivity index (χ0n) is 13.5. The van der Waals surface area contributed by atoms with Gasteiger partial charge in [-0.3, -0.25) is 9.59 Å². The highest BCUT2D eigenvalue weighted by atomic mass is 35.5. The molecule has 2 aromatic rings. The number of hydrogen-bond acceptors (Lipinski definition) is 5. The fraction of sp³-hybridized carbons (Fsp3) is 0.0556. The monoisotopic (exact) mass is 390 g/mol. The first-order valence-corrected chi connectivity index (χ1v) is 8.17. The molecular weight excluding hydrogens is 379 g/mol. The van der Waals surface area contributed by atoms with Crippen LogP contribution >= 0.6 is 23.2 Å². The van der Waals surface area contributed by atoms with E-state index in [0.717, 1.165) is 4.90 Å². The molecule has 1 heterocycles. The van der Waals surface area contributed by atoms with Gasteiger partial charge in [0, 0.05) is 10.7 Å². The quantitative estimate of drug-likeness (QED) is 0.637. The number of anilines is 2. The average molecular weight is 391 g/mol. The maximum absolute atomic E-state index is 12.7. The molecule has 6 nitrogen and oxygen atoms in total. The smallest absolute Gasteiger partial charge is 0.337 e. The third kappa shape index (κ3) is 3.29. The van der Waals surface area contributed by atoms with Crippen LogP contribution in [0.5, 0.6) is 0 Å². The van der Waals surface area contributed by atoms with Gasteiger partial charge in [-0.05, 0) is 36.4 Å². The predicted molar refractivity (Wildman–Crippen MR) is 98.2 cm³/mol. The summed E-state index contributed by atoms with van der Waals surface area (Å²) >= 11 is 12.0. The van der Waals surface area contributed by atoms with E-state index in [-0.39, 0.29) is 22.0 Å². The van der Waals surface area contributed by atoms with E-state index < -0.39 is 17.8 Å². The van der Waals surface area contributed by atoms with Crippen molar-refractivity contribution in [1.29, 1.82) is 0 Å². The van der Waals surface area contributed by atoms with Crippen LogP contribution in [-0.2, 0) is 14.3 Å². The second-order valence-electron chi connectivity index (χ2n) is 5.31. The fourth-order valence-electron chi connectivity index (χ4n) is 2.45. The topological polar surface area (TPSA) is 75.7 Å². The lowest BCUT2D eigenvalue weighted by Crippen LogP contribution is -2.32. The lowest BCUT2D eigenvalue weighted by Gasteiger charge is -2.15. The summed E-state index contributed by atoms with van der Waals surface area (Å²) in [6.07, 6.45) is 0. The van der Waals surface area contributed by atoms with Crippen LogP contribution in [0.2, 0.25) is 5.02 Å². The average Bonchev–Trinajstić information content (AvgIpc) is 2.84. The minimum atomic E-state index is -0.691. The van der Waals surface area contributed by atoms with Crippen molar-refractivity contribution < 1.29 is 19.1 Å². The molecule has 0 saturated heterocycles. The van der Waals surface area contributed by atoms with E-state index in [4.69, 9.17) is 23.2 Å². The molecule has 0 fully saturated rings. The Morgan fingerprint density at radius 3 is 2.46 bits per heavy atom. The van der Waals surface area contributed by atoms with Gasteiger partial charge in [0.05, 0.1) is 18.4 Å². The zero-order valence-corrected chi connectivity index (χ0v) is 15.0. The molecule has 132 valence electrons. The molecule has 3 rings (SSSR count). The van der Waals surface area contributed by atoms with Gasteiger partial charge in [0.15, 0.2) is 0 Å². The normalized spacial score (nSPS) is 14.0. The molecule has 0 atom stereocenters. The van der Waals surface area contributed by atoms with Crippen LogP contribution in [0.15, 0.2) is 59.3 Å². The number of amides is 2. The van der Waals surface area contributed by atoms with Gasteiger partial charge in [0.2, 0.25) is 0 Å². The third-order valence-electron chi connectivity index (χ3n) is 3.65. The van der Waals surface area contributed by atoms with Gasteiger partial charge in [0.1, 0.15) is 10.7 Å². The number of halogens is 2. The summed E-state index contributed by atoms with van der Waals surface area (Å²) in [5.41, 5.74) is 0.862. The number of carbonyl (C=O) groups excluding carboxylic acids is 3. The number of rotatable bonds is 4. The van der Waals surface area contributed by atoms with Crippen molar-refractivity contribution in [3.8, 4) is 0 Å². The lowest BCUT2D eigenvalue weighted by atomic mass is 10.2. The Morgan fingerprint density at radius 1 is 1.04 bits per heavy atom. The highest BCUT2D eigenvalue weighted by Gasteiger charge is 2.39. The minimum Gasteiger partial charge on any atom is -0.465 e. The van der Waals surface area contributed by atoms with Crippen LogP contribution < -0.4 is 10.2 Å². The summed E-state index contributed by atoms with van der Waals surface area (Å²) in [4.78, 5) is 37.7. The van der Waals surface area contributed by atoms with Crippen molar-refractivity contribution >= 4 is 52.4 Å². The molecule has 0 aromatic heterocycles. The summed E-state index contributed by atoms with van der Waals surface area (Å²) in [6.45, 7) is 0. The van der Waals surface area contributed by atoms with Crippen LogP contribution in [0.1, 0.15) is 10.4 Å². The lowest BCUT2D eigenvalue weighted by molar-refractivity contribution is -0.120. The molecule has 2 amide bonds. The molecule has 0 saturated carbocycles. The summed E-state index contributed by atoms with van der Waals surface area (Å²) in [5, 5.41) is 3.03. The molecule has 0 aliphatic carbocycles. The molecule has 8 heteroatoms. The molecule has 1 aliphatic heterocycles. The SMILES string of the molecule is COC(=O)c1cccc(N2C(=O)C(Cl)=C(Nc3cccc(Cl)c3)C2=O)c1. The van der Waals surface area contributed by atoms with E-state index in [1.165, 1.54) is 25.3 Å². The first kappa shape index (κ1) is 18.0. The highest BCUT2D eigenvalue weighted by molar-refractivity contribution is 6.53. The van der Waals surface area contributed by atoms with Crippen molar-refractivity contribution in [2.24, 2.45) is 0 Å². The summed E-state index contributed by atoms with van der Waals surface area (Å²) < 4.78 is 4.65. The second-order valence-corrected chi connectivity index (χ2v) is 6.13. The van der Waals surface area contributed by atoms with Crippen LogP contribution in [0.4, 0.5) is 11.4 Å². The number of nitrogens with one attached hydrogen (secondary N) is 1. The molecule has 1 aliphatic rings. The predicted octanol–water partition coefficient (Wildman–Crippen LogP) is 3.56. The van der Waals surface area contributed by atoms with Crippen LogP contribution in [0.25, 0.3) is 0 Å². The number of hydrogen-bond donors (Lipinski definition) is 1. The van der Waals surface area contributed by atoms with E-state index in [0.29, 0.717) is 10.7 Å². The number of imide groups is 1. The van der Waals surface area contributed by atoms with Gasteiger partial charge in [-0.25, -0.2) is 9.69 Å². The number of methoxy groups -OCH3 is 1. The first-order valence-electron chi connectivity index (χ1n) is 7.42. The molecule has 1 N–H and O–H groups in total. The zero-order chi connectivity index (χ0) is 18.8. The number of benzene rings is 2. The van der Waals surface area contributed by atoms with Crippen LogP contribution in [0, 0.1) is 0 Å². The van der Waals surface area contributed by atoms with Gasteiger partial charge in [-0.2, -0.15) is 0 Å².